The second kappa shape index (κ2) is 5.64. The van der Waals surface area contributed by atoms with Crippen LogP contribution in [0.3, 0.4) is 0 Å². The average molecular weight is 326 g/mol. The van der Waals surface area contributed by atoms with Crippen molar-refractivity contribution < 1.29 is 5.11 Å². The van der Waals surface area contributed by atoms with Crippen LogP contribution in [-0.2, 0) is 0 Å². The zero-order valence-electron chi connectivity index (χ0n) is 13.2. The van der Waals surface area contributed by atoms with Crippen LogP contribution in [0.2, 0.25) is 0 Å². The third-order valence-corrected chi connectivity index (χ3v) is 7.27. The van der Waals surface area contributed by atoms with Crippen molar-refractivity contribution in [3.05, 3.63) is 0 Å². The first-order valence-electron chi connectivity index (χ1n) is 9.01. The van der Waals surface area contributed by atoms with Crippen molar-refractivity contribution in [2.75, 3.05) is 13.1 Å². The number of fused-ring (bicyclic) bond motifs is 2. The van der Waals surface area contributed by atoms with Gasteiger partial charge in [0.05, 0.1) is 6.04 Å². The summed E-state index contributed by atoms with van der Waals surface area (Å²) in [7, 11) is 0. The van der Waals surface area contributed by atoms with Gasteiger partial charge in [-0.3, -0.25) is 4.99 Å². The molecule has 0 aromatic carbocycles. The number of nitrogens with zero attached hydrogens (tertiary/aromatic N) is 1. The molecular weight excluding hydrogens is 298 g/mol. The minimum Gasteiger partial charge on any atom is -0.385 e. The molecule has 2 saturated carbocycles. The number of aliphatic hydroxyl groups is 1. The Bertz CT molecular complexity index is 469. The fourth-order valence-electron chi connectivity index (χ4n) is 5.82. The lowest BCUT2D eigenvalue weighted by atomic mass is 9.58. The van der Waals surface area contributed by atoms with Gasteiger partial charge in [-0.1, -0.05) is 6.42 Å². The van der Waals surface area contributed by atoms with Crippen LogP contribution in [0.1, 0.15) is 44.9 Å². The van der Waals surface area contributed by atoms with Gasteiger partial charge in [0.15, 0.2) is 0 Å². The summed E-state index contributed by atoms with van der Waals surface area (Å²) in [5.41, 5.74) is 5.41. The predicted octanol–water partition coefficient (Wildman–Crippen LogP) is 1.89. The van der Waals surface area contributed by atoms with Crippen LogP contribution in [-0.4, -0.2) is 41.1 Å². The lowest BCUT2D eigenvalue weighted by molar-refractivity contribution is -0.0708. The largest absolute Gasteiger partial charge is 0.385 e. The highest BCUT2D eigenvalue weighted by Crippen LogP contribution is 2.52. The molecule has 0 amide bonds. The molecule has 1 saturated heterocycles. The Hall–Kier alpha value is -0.320. The lowest BCUT2D eigenvalue weighted by Gasteiger charge is -2.50. The summed E-state index contributed by atoms with van der Waals surface area (Å²) >= 11 is 6.42. The normalized spacial score (nSPS) is 51.8. The predicted molar refractivity (Wildman–Crippen MR) is 89.1 cm³/mol. The lowest BCUT2D eigenvalue weighted by Crippen LogP contribution is -2.60. The van der Waals surface area contributed by atoms with Gasteiger partial charge < -0.3 is 16.2 Å². The Kier molecular flexibility index (Phi) is 3.90. The highest BCUT2D eigenvalue weighted by molar-refractivity contribution is 6.20. The minimum atomic E-state index is -0.904. The van der Waals surface area contributed by atoms with Crippen molar-refractivity contribution in [3.63, 3.8) is 0 Å². The number of hydrogen-bond donors (Lipinski definition) is 3. The van der Waals surface area contributed by atoms with Crippen LogP contribution in [0.15, 0.2) is 4.99 Å². The first-order valence-corrected chi connectivity index (χ1v) is 9.45. The molecule has 5 heteroatoms. The second-order valence-electron chi connectivity index (χ2n) is 7.88. The first-order chi connectivity index (χ1) is 10.6. The van der Waals surface area contributed by atoms with Gasteiger partial charge in [-0.25, -0.2) is 0 Å². The molecule has 124 valence electrons. The first kappa shape index (κ1) is 15.2. The van der Waals surface area contributed by atoms with Crippen molar-refractivity contribution in [2.24, 2.45) is 34.4 Å². The molecule has 0 spiro atoms. The molecule has 7 atom stereocenters. The van der Waals surface area contributed by atoms with Crippen molar-refractivity contribution in [2.45, 2.75) is 62.0 Å². The van der Waals surface area contributed by atoms with Crippen molar-refractivity contribution >= 4 is 17.4 Å². The Labute approximate surface area is 137 Å². The monoisotopic (exact) mass is 325 g/mol. The molecule has 4 nitrogen and oxygen atoms in total. The van der Waals surface area contributed by atoms with Gasteiger partial charge in [-0.2, -0.15) is 0 Å². The third-order valence-electron chi connectivity index (χ3n) is 6.87. The minimum absolute atomic E-state index is 0.141. The Balaban J connectivity index is 1.65. The Morgan fingerprint density at radius 1 is 1.18 bits per heavy atom. The summed E-state index contributed by atoms with van der Waals surface area (Å²) in [6.45, 7) is 2.16. The highest BCUT2D eigenvalue weighted by atomic mass is 35.5. The van der Waals surface area contributed by atoms with E-state index in [-0.39, 0.29) is 23.3 Å². The maximum Gasteiger partial charge on any atom is 0.129 e. The molecule has 2 aliphatic carbocycles. The van der Waals surface area contributed by atoms with Crippen molar-refractivity contribution in [1.29, 1.82) is 0 Å². The fraction of sp³-hybridized carbons (Fsp3) is 0.941. The SMILES string of the molecule is NC1=NC2CCC(Cl)CC2C1(O)C1CCCC2CNCCC21. The zero-order valence-corrected chi connectivity index (χ0v) is 13.9. The molecule has 7 unspecified atom stereocenters. The number of piperidine rings is 1. The highest BCUT2D eigenvalue weighted by Gasteiger charge is 2.58. The van der Waals surface area contributed by atoms with Gasteiger partial charge in [-0.15, -0.1) is 11.6 Å². The van der Waals surface area contributed by atoms with E-state index in [1.165, 1.54) is 12.8 Å². The molecule has 4 N–H and O–H groups in total. The van der Waals surface area contributed by atoms with Gasteiger partial charge in [0.2, 0.25) is 0 Å². The van der Waals surface area contributed by atoms with Crippen LogP contribution in [0.25, 0.3) is 0 Å². The van der Waals surface area contributed by atoms with Crippen LogP contribution >= 0.6 is 11.6 Å². The molecule has 0 aromatic heterocycles. The maximum absolute atomic E-state index is 11.7. The van der Waals surface area contributed by atoms with E-state index in [1.807, 2.05) is 0 Å². The molecule has 22 heavy (non-hydrogen) atoms. The van der Waals surface area contributed by atoms with E-state index in [0.717, 1.165) is 45.2 Å². The van der Waals surface area contributed by atoms with E-state index in [9.17, 15) is 5.11 Å². The average Bonchev–Trinajstić information content (AvgIpc) is 2.79. The number of aliphatic imine (C=N–C) groups is 1. The van der Waals surface area contributed by atoms with Gasteiger partial charge >= 0.3 is 0 Å². The summed E-state index contributed by atoms with van der Waals surface area (Å²) in [6, 6.07) is 0.196. The second-order valence-corrected chi connectivity index (χ2v) is 8.50. The van der Waals surface area contributed by atoms with E-state index in [4.69, 9.17) is 17.3 Å². The molecule has 4 aliphatic rings. The number of amidine groups is 1. The van der Waals surface area contributed by atoms with E-state index >= 15 is 0 Å². The molecule has 0 bridgehead atoms. The summed E-state index contributed by atoms with van der Waals surface area (Å²) in [5, 5.41) is 15.4. The number of hydrogen-bond acceptors (Lipinski definition) is 4. The summed E-state index contributed by atoms with van der Waals surface area (Å²) in [4.78, 5) is 4.68. The van der Waals surface area contributed by atoms with Gasteiger partial charge in [0, 0.05) is 11.3 Å². The Morgan fingerprint density at radius 3 is 2.91 bits per heavy atom. The third kappa shape index (κ3) is 2.22. The number of nitrogens with one attached hydrogen (secondary N) is 1. The van der Waals surface area contributed by atoms with Crippen molar-refractivity contribution in [1.82, 2.24) is 5.32 Å². The van der Waals surface area contributed by atoms with Gasteiger partial charge in [0.1, 0.15) is 11.4 Å². The van der Waals surface area contributed by atoms with Crippen molar-refractivity contribution in [3.8, 4) is 0 Å². The van der Waals surface area contributed by atoms with E-state index in [0.29, 0.717) is 17.7 Å². The fourth-order valence-corrected chi connectivity index (χ4v) is 6.14. The summed E-state index contributed by atoms with van der Waals surface area (Å²) < 4.78 is 0. The molecule has 2 heterocycles. The number of alkyl halides is 1. The van der Waals surface area contributed by atoms with E-state index in [2.05, 4.69) is 10.3 Å². The topological polar surface area (TPSA) is 70.6 Å². The summed E-state index contributed by atoms with van der Waals surface area (Å²) in [5.74, 6) is 2.20. The van der Waals surface area contributed by atoms with Crippen LogP contribution in [0, 0.1) is 23.7 Å². The molecule has 4 rings (SSSR count). The quantitative estimate of drug-likeness (QED) is 0.645. The number of nitrogens with two attached hydrogens (primary N) is 1. The Morgan fingerprint density at radius 2 is 2.05 bits per heavy atom. The van der Waals surface area contributed by atoms with E-state index < -0.39 is 5.60 Å². The van der Waals surface area contributed by atoms with E-state index in [1.54, 1.807) is 0 Å². The summed E-state index contributed by atoms with van der Waals surface area (Å²) in [6.07, 6.45) is 7.56. The maximum atomic E-state index is 11.7. The molecule has 2 aliphatic heterocycles. The number of rotatable bonds is 1. The molecule has 3 fully saturated rings. The molecule has 0 aromatic rings. The van der Waals surface area contributed by atoms with Crippen LogP contribution in [0.4, 0.5) is 0 Å². The van der Waals surface area contributed by atoms with Gasteiger partial charge in [0.25, 0.3) is 0 Å². The number of halogens is 1. The molecular formula is C17H28ClN3O. The van der Waals surface area contributed by atoms with Gasteiger partial charge in [-0.05, 0) is 69.4 Å². The van der Waals surface area contributed by atoms with Crippen LogP contribution < -0.4 is 11.1 Å². The van der Waals surface area contributed by atoms with Crippen LogP contribution in [0.5, 0.6) is 0 Å². The molecule has 0 radical (unpaired) electrons. The smallest absolute Gasteiger partial charge is 0.129 e. The zero-order chi connectivity index (χ0) is 15.3. The standard InChI is InChI=1S/C17H28ClN3O/c18-11-4-5-15-14(8-11)17(22,16(19)21-15)13-3-1-2-10-9-20-7-6-12(10)13/h10-15,20,22H,1-9H2,(H2,19,21).